The van der Waals surface area contributed by atoms with Crippen molar-refractivity contribution in [1.82, 2.24) is 0 Å². The zero-order valence-corrected chi connectivity index (χ0v) is 59.1. The molecule has 17 nitrogen and oxygen atoms in total. The van der Waals surface area contributed by atoms with E-state index in [0.29, 0.717) is 37.5 Å². The second-order valence-corrected chi connectivity index (χ2v) is 29.7. The molecule has 0 amide bonds. The van der Waals surface area contributed by atoms with Crippen molar-refractivity contribution in [2.45, 2.75) is 356 Å². The molecule has 522 valence electrons. The van der Waals surface area contributed by atoms with E-state index in [4.69, 9.17) is 37.0 Å². The number of hydrogen-bond acceptors (Lipinski definition) is 15. The van der Waals surface area contributed by atoms with E-state index in [0.717, 1.165) is 108 Å². The Morgan fingerprint density at radius 3 is 0.705 bits per heavy atom. The second kappa shape index (κ2) is 58.8. The standard InChI is InChI=1S/C69H134O17P2/c1-59(2)45-37-29-21-16-13-11-9-10-12-14-18-24-33-41-49-66(71)79-55-64(85-68(73)51-43-35-25-19-15-17-22-30-38-46-60(3)4)57-83-87(75,76)81-53-63(70)54-82-88(77,78)84-58-65(86-69(74)52-44-36-28-27-32-40-48-62(7)8)56-80-67(72)50-42-34-26-20-23-31-39-47-61(5)6/h59-65,70H,9-58H2,1-8H3,(H,75,76)(H,77,78)/t63?,64-,65-/m1/s1. The van der Waals surface area contributed by atoms with Gasteiger partial charge in [-0.1, -0.05) is 287 Å². The van der Waals surface area contributed by atoms with Crippen LogP contribution in [-0.4, -0.2) is 96.7 Å². The largest absolute Gasteiger partial charge is 0.472 e. The summed E-state index contributed by atoms with van der Waals surface area (Å²) in [5.74, 6) is 0.774. The first kappa shape index (κ1) is 86.1. The number of hydrogen-bond donors (Lipinski definition) is 3. The number of carbonyl (C=O) groups excluding carboxylic acids is 4. The van der Waals surface area contributed by atoms with Crippen molar-refractivity contribution in [3.63, 3.8) is 0 Å². The molecule has 0 aromatic heterocycles. The molecular weight excluding hydrogens is 1160 g/mol. The summed E-state index contributed by atoms with van der Waals surface area (Å²) in [6, 6.07) is 0. The Morgan fingerprint density at radius 1 is 0.284 bits per heavy atom. The number of esters is 4. The lowest BCUT2D eigenvalue weighted by Crippen LogP contribution is -2.30. The van der Waals surface area contributed by atoms with Gasteiger partial charge < -0.3 is 33.8 Å². The van der Waals surface area contributed by atoms with Gasteiger partial charge in [-0.05, 0) is 49.4 Å². The van der Waals surface area contributed by atoms with E-state index < -0.39 is 97.5 Å². The molecule has 0 rings (SSSR count). The van der Waals surface area contributed by atoms with Crippen LogP contribution in [0.25, 0.3) is 0 Å². The van der Waals surface area contributed by atoms with Crippen LogP contribution in [0.1, 0.15) is 338 Å². The number of carbonyl (C=O) groups is 4. The predicted molar refractivity (Wildman–Crippen MR) is 354 cm³/mol. The molecule has 3 unspecified atom stereocenters. The molecule has 0 saturated heterocycles. The Labute approximate surface area is 537 Å². The Morgan fingerprint density at radius 2 is 0.477 bits per heavy atom. The van der Waals surface area contributed by atoms with Gasteiger partial charge in [0.1, 0.15) is 19.3 Å². The fraction of sp³-hybridized carbons (Fsp3) is 0.942. The van der Waals surface area contributed by atoms with Gasteiger partial charge in [0.15, 0.2) is 12.2 Å². The van der Waals surface area contributed by atoms with Crippen LogP contribution >= 0.6 is 15.6 Å². The van der Waals surface area contributed by atoms with Gasteiger partial charge in [-0.2, -0.15) is 0 Å². The number of unbranched alkanes of at least 4 members (excludes halogenated alkanes) is 32. The van der Waals surface area contributed by atoms with Crippen molar-refractivity contribution in [2.24, 2.45) is 23.7 Å². The molecule has 0 aliphatic rings. The first-order valence-electron chi connectivity index (χ1n) is 35.7. The van der Waals surface area contributed by atoms with Gasteiger partial charge in [-0.25, -0.2) is 9.13 Å². The second-order valence-electron chi connectivity index (χ2n) is 26.8. The van der Waals surface area contributed by atoms with E-state index in [1.165, 1.54) is 135 Å². The minimum atomic E-state index is -4.95. The van der Waals surface area contributed by atoms with Gasteiger partial charge in [0.25, 0.3) is 0 Å². The first-order valence-corrected chi connectivity index (χ1v) is 38.7. The van der Waals surface area contributed by atoms with E-state index in [-0.39, 0.29) is 25.7 Å². The SMILES string of the molecule is CC(C)CCCCCCCCCCCCCCCCC(=O)OC[C@H](COP(=O)(O)OCC(O)COP(=O)(O)OC[C@@H](COC(=O)CCCCCCCCCC(C)C)OC(=O)CCCCCCCCC(C)C)OC(=O)CCCCCCCCCCCC(C)C. The molecule has 19 heteroatoms. The molecule has 0 saturated carbocycles. The van der Waals surface area contributed by atoms with Crippen LogP contribution in [0.3, 0.4) is 0 Å². The normalized spacial score (nSPS) is 14.3. The maximum atomic E-state index is 13.0. The summed E-state index contributed by atoms with van der Waals surface area (Å²) in [7, 11) is -9.90. The van der Waals surface area contributed by atoms with E-state index in [9.17, 15) is 43.2 Å². The molecule has 0 fully saturated rings. The predicted octanol–water partition coefficient (Wildman–Crippen LogP) is 19.3. The van der Waals surface area contributed by atoms with Gasteiger partial charge in [0.05, 0.1) is 26.4 Å². The Bertz CT molecular complexity index is 1750. The monoisotopic (exact) mass is 1300 g/mol. The lowest BCUT2D eigenvalue weighted by Gasteiger charge is -2.21. The van der Waals surface area contributed by atoms with Crippen LogP contribution in [0.15, 0.2) is 0 Å². The zero-order chi connectivity index (χ0) is 65.4. The summed E-state index contributed by atoms with van der Waals surface area (Å²) >= 11 is 0. The number of ether oxygens (including phenoxy) is 4. The summed E-state index contributed by atoms with van der Waals surface area (Å²) in [5, 5.41) is 10.6. The highest BCUT2D eigenvalue weighted by molar-refractivity contribution is 7.47. The minimum Gasteiger partial charge on any atom is -0.462 e. The van der Waals surface area contributed by atoms with Crippen molar-refractivity contribution in [3.05, 3.63) is 0 Å². The molecule has 0 radical (unpaired) electrons. The number of phosphoric ester groups is 2. The zero-order valence-electron chi connectivity index (χ0n) is 57.3. The lowest BCUT2D eigenvalue weighted by molar-refractivity contribution is -0.161. The molecule has 0 aromatic carbocycles. The molecule has 0 bridgehead atoms. The summed E-state index contributed by atoms with van der Waals surface area (Å²) in [6.45, 7) is 14.0. The van der Waals surface area contributed by atoms with Crippen molar-refractivity contribution < 1.29 is 80.2 Å². The number of aliphatic hydroxyl groups excluding tert-OH is 1. The van der Waals surface area contributed by atoms with Crippen LogP contribution < -0.4 is 0 Å². The molecule has 0 aromatic rings. The summed E-state index contributed by atoms with van der Waals surface area (Å²) in [6.07, 6.45) is 40.6. The smallest absolute Gasteiger partial charge is 0.462 e. The lowest BCUT2D eigenvalue weighted by atomic mass is 10.0. The summed E-state index contributed by atoms with van der Waals surface area (Å²) in [4.78, 5) is 72.4. The topological polar surface area (TPSA) is 237 Å². The van der Waals surface area contributed by atoms with Crippen LogP contribution in [0.5, 0.6) is 0 Å². The molecule has 88 heavy (non-hydrogen) atoms. The highest BCUT2D eigenvalue weighted by atomic mass is 31.2. The van der Waals surface area contributed by atoms with E-state index in [1.54, 1.807) is 0 Å². The first-order chi connectivity index (χ1) is 42.1. The molecular formula is C69H134O17P2. The molecule has 0 heterocycles. The van der Waals surface area contributed by atoms with E-state index in [1.807, 2.05) is 0 Å². The summed E-state index contributed by atoms with van der Waals surface area (Å²) in [5.41, 5.74) is 0. The number of aliphatic hydroxyl groups is 1. The van der Waals surface area contributed by atoms with Crippen molar-refractivity contribution in [3.8, 4) is 0 Å². The molecule has 0 spiro atoms. The van der Waals surface area contributed by atoms with Crippen molar-refractivity contribution in [2.75, 3.05) is 39.6 Å². The third kappa shape index (κ3) is 62.8. The van der Waals surface area contributed by atoms with Gasteiger partial charge in [-0.3, -0.25) is 37.3 Å². The van der Waals surface area contributed by atoms with Crippen LogP contribution in [0.4, 0.5) is 0 Å². The highest BCUT2D eigenvalue weighted by Crippen LogP contribution is 2.45. The Hall–Kier alpha value is -1.94. The van der Waals surface area contributed by atoms with Crippen LogP contribution in [0, 0.1) is 23.7 Å². The van der Waals surface area contributed by atoms with Crippen LogP contribution in [0.2, 0.25) is 0 Å². The summed E-state index contributed by atoms with van der Waals surface area (Å²) < 4.78 is 68.2. The third-order valence-corrected chi connectivity index (χ3v) is 17.7. The van der Waals surface area contributed by atoms with Gasteiger partial charge in [0.2, 0.25) is 0 Å². The van der Waals surface area contributed by atoms with Gasteiger partial charge >= 0.3 is 39.5 Å². The van der Waals surface area contributed by atoms with E-state index >= 15 is 0 Å². The van der Waals surface area contributed by atoms with Crippen molar-refractivity contribution in [1.29, 1.82) is 0 Å². The van der Waals surface area contributed by atoms with E-state index in [2.05, 4.69) is 55.4 Å². The van der Waals surface area contributed by atoms with Gasteiger partial charge in [0, 0.05) is 25.7 Å². The molecule has 0 aliphatic carbocycles. The van der Waals surface area contributed by atoms with Gasteiger partial charge in [-0.15, -0.1) is 0 Å². The molecule has 3 N–H and O–H groups in total. The average Bonchev–Trinajstić information content (AvgIpc) is 3.68. The molecule has 5 atom stereocenters. The number of rotatable bonds is 66. The minimum absolute atomic E-state index is 0.101. The van der Waals surface area contributed by atoms with Crippen LogP contribution in [-0.2, 0) is 65.4 Å². The maximum Gasteiger partial charge on any atom is 0.472 e. The van der Waals surface area contributed by atoms with Crippen molar-refractivity contribution >= 4 is 39.5 Å². The number of phosphoric acid groups is 2. The fourth-order valence-electron chi connectivity index (χ4n) is 10.3. The fourth-order valence-corrected chi connectivity index (χ4v) is 11.9. The Kier molecular flexibility index (Phi) is 57.6. The average molecular weight is 1300 g/mol. The third-order valence-electron chi connectivity index (χ3n) is 15.8. The maximum absolute atomic E-state index is 13.0. The molecule has 0 aliphatic heterocycles. The highest BCUT2D eigenvalue weighted by Gasteiger charge is 2.30. The Balaban J connectivity index is 5.21. The quantitative estimate of drug-likeness (QED) is 0.0222.